The van der Waals surface area contributed by atoms with Crippen LogP contribution < -0.4 is 21.3 Å². The molecule has 3 aromatic rings. The number of phenolic OH excluding ortho intramolecular Hbond substituents is 1. The number of aromatic nitrogens is 2. The van der Waals surface area contributed by atoms with Crippen LogP contribution in [0, 0.1) is 12.8 Å². The van der Waals surface area contributed by atoms with E-state index in [4.69, 9.17) is 18.5 Å². The number of rotatable bonds is 16. The first kappa shape index (κ1) is 40.5. The van der Waals surface area contributed by atoms with Crippen LogP contribution in [0.15, 0.2) is 81.7 Å². The number of aromatic carboxylic acids is 1. The molecule has 1 aliphatic carbocycles. The molecule has 3 heterocycles. The quantitative estimate of drug-likeness (QED) is 0.0812. The van der Waals surface area contributed by atoms with Crippen LogP contribution in [0.4, 0.5) is 0 Å². The number of nitrogens with zero attached hydrogens (tertiary/aromatic N) is 1. The van der Waals surface area contributed by atoms with Gasteiger partial charge in [0.15, 0.2) is 0 Å². The summed E-state index contributed by atoms with van der Waals surface area (Å²) in [4.78, 5) is 62.3. The normalized spacial score (nSPS) is 20.4. The van der Waals surface area contributed by atoms with Crippen molar-refractivity contribution in [2.75, 3.05) is 26.4 Å². The van der Waals surface area contributed by atoms with E-state index in [1.165, 1.54) is 43.5 Å². The highest BCUT2D eigenvalue weighted by atomic mass is 31.2. The van der Waals surface area contributed by atoms with Crippen molar-refractivity contribution >= 4 is 25.3 Å². The molecule has 5 atom stereocenters. The van der Waals surface area contributed by atoms with Crippen LogP contribution in [0.3, 0.4) is 0 Å². The molecule has 7 N–H and O–H groups in total. The second-order valence-corrected chi connectivity index (χ2v) is 15.0. The summed E-state index contributed by atoms with van der Waals surface area (Å²) in [7, 11) is -4.72. The lowest BCUT2D eigenvalue weighted by molar-refractivity contribution is -0.0469. The molecule has 18 heteroatoms. The predicted octanol–water partition coefficient (Wildman–Crippen LogP) is 3.28. The number of unbranched alkanes of at least 4 members (excludes halogenated alkanes) is 1. The lowest BCUT2D eigenvalue weighted by Crippen LogP contribution is -2.33. The molecule has 56 heavy (non-hydrogen) atoms. The van der Waals surface area contributed by atoms with Crippen LogP contribution in [0.1, 0.15) is 75.7 Å². The van der Waals surface area contributed by atoms with Crippen LogP contribution in [-0.4, -0.2) is 85.3 Å². The number of aliphatic hydroxyl groups excluding tert-OH is 2. The van der Waals surface area contributed by atoms with Crippen LogP contribution >= 0.6 is 7.82 Å². The van der Waals surface area contributed by atoms with Crippen molar-refractivity contribution in [3.05, 3.63) is 121 Å². The molecule has 2 unspecified atom stereocenters. The number of phenols is 1. The van der Waals surface area contributed by atoms with Crippen LogP contribution in [0.2, 0.25) is 0 Å². The van der Waals surface area contributed by atoms with Gasteiger partial charge in [-0.25, -0.2) is 14.2 Å². The van der Waals surface area contributed by atoms with Gasteiger partial charge in [0.1, 0.15) is 35.7 Å². The van der Waals surface area contributed by atoms with Crippen LogP contribution in [-0.2, 0) is 18.3 Å². The molecule has 2 aliphatic heterocycles. The number of aryl methyl sites for hydroxylation is 1. The first-order valence-electron chi connectivity index (χ1n) is 17.9. The topological polar surface area (TPSA) is 256 Å². The SMILES string of the molecule is Cc1cn([C@H]2C[C@H](OP(=O)(O)OCC(CO)CCCCNC(=O)c3ccc(C(=O)O)c(C4=C5C=CCC=C5Oc5cc(O)ccc54)c3)[C@@H](CO)O2)c(=O)[nH]c1=O. The number of H-pyrrole nitrogens is 1. The summed E-state index contributed by atoms with van der Waals surface area (Å²) in [6, 6.07) is 8.88. The number of allylic oxidation sites excluding steroid dienone is 3. The maximum Gasteiger partial charge on any atom is 0.472 e. The zero-order chi connectivity index (χ0) is 40.1. The summed E-state index contributed by atoms with van der Waals surface area (Å²) >= 11 is 0. The summed E-state index contributed by atoms with van der Waals surface area (Å²) in [5, 5.41) is 42.7. The number of aliphatic hydroxyl groups is 2. The molecule has 1 amide bonds. The van der Waals surface area contributed by atoms with E-state index in [0.717, 1.165) is 4.57 Å². The average molecular weight is 796 g/mol. The van der Waals surface area contributed by atoms with Crippen LogP contribution in [0.25, 0.3) is 5.57 Å². The van der Waals surface area contributed by atoms with E-state index in [1.807, 2.05) is 18.2 Å². The number of aromatic amines is 1. The summed E-state index contributed by atoms with van der Waals surface area (Å²) in [5.41, 5.74) is 1.15. The Hall–Kier alpha value is -5.13. The van der Waals surface area contributed by atoms with Crippen molar-refractivity contribution in [2.45, 2.75) is 57.5 Å². The van der Waals surface area contributed by atoms with Crippen molar-refractivity contribution in [3.63, 3.8) is 0 Å². The maximum absolute atomic E-state index is 13.3. The monoisotopic (exact) mass is 795 g/mol. The van der Waals surface area contributed by atoms with Gasteiger partial charge in [-0.05, 0) is 68.2 Å². The molecule has 0 radical (unpaired) electrons. The molecule has 17 nitrogen and oxygen atoms in total. The number of hydrogen-bond acceptors (Lipinski definition) is 12. The second kappa shape index (κ2) is 17.3. The van der Waals surface area contributed by atoms with E-state index in [9.17, 15) is 49.1 Å². The number of amides is 1. The smallest absolute Gasteiger partial charge is 0.472 e. The summed E-state index contributed by atoms with van der Waals surface area (Å²) in [5.74, 6) is -1.35. The van der Waals surface area contributed by atoms with Gasteiger partial charge < -0.3 is 40.1 Å². The number of carboxylic acids is 1. The number of aromatic hydroxyl groups is 1. The van der Waals surface area contributed by atoms with Gasteiger partial charge in [0, 0.05) is 65.6 Å². The predicted molar refractivity (Wildman–Crippen MR) is 199 cm³/mol. The number of benzene rings is 2. The Morgan fingerprint density at radius 3 is 2.68 bits per heavy atom. The zero-order valence-corrected chi connectivity index (χ0v) is 31.1. The molecule has 3 aliphatic rings. The lowest BCUT2D eigenvalue weighted by Gasteiger charge is -2.27. The zero-order valence-electron chi connectivity index (χ0n) is 30.3. The van der Waals surface area contributed by atoms with Crippen molar-refractivity contribution in [2.24, 2.45) is 5.92 Å². The number of hydrogen-bond donors (Lipinski definition) is 7. The number of ether oxygens (including phenoxy) is 2. The number of nitrogens with one attached hydrogen (secondary N) is 2. The Bertz CT molecular complexity index is 2260. The van der Waals surface area contributed by atoms with E-state index >= 15 is 0 Å². The number of carbonyl (C=O) groups is 2. The standard InChI is InChI=1S/C38H42N3O14P/c1-21-17-41(38(49)40-35(21)45)33-16-31(32(19-43)54-33)55-56(50,51)52-20-22(18-42)6-4-5-13-39-36(46)23-9-11-25(37(47)48)28(14-23)34-26-7-2-3-8-29(26)53-30-15-24(44)10-12-27(30)34/h2,7-12,14-15,17,22,31-33,42-44H,3-6,13,16,18-20H2,1H3,(H,39,46)(H,47,48)(H,50,51)(H,40,45,49)/t22?,31-,32+,33+/m0/s1. The van der Waals surface area contributed by atoms with Gasteiger partial charge in [-0.15, -0.1) is 0 Å². The molecule has 1 aromatic heterocycles. The summed E-state index contributed by atoms with van der Waals surface area (Å²) in [6.07, 6.45) is 5.51. The summed E-state index contributed by atoms with van der Waals surface area (Å²) < 4.78 is 36.1. The molecule has 1 fully saturated rings. The van der Waals surface area contributed by atoms with Gasteiger partial charge in [0.25, 0.3) is 11.5 Å². The molecule has 0 bridgehead atoms. The van der Waals surface area contributed by atoms with E-state index < -0.39 is 61.9 Å². The Morgan fingerprint density at radius 1 is 1.12 bits per heavy atom. The lowest BCUT2D eigenvalue weighted by atomic mass is 9.85. The largest absolute Gasteiger partial charge is 0.508 e. The van der Waals surface area contributed by atoms with Gasteiger partial charge in [0.2, 0.25) is 0 Å². The van der Waals surface area contributed by atoms with Crippen molar-refractivity contribution < 1.29 is 58.0 Å². The molecule has 0 spiro atoms. The molecular formula is C38H42N3O14P. The van der Waals surface area contributed by atoms with Gasteiger partial charge in [-0.1, -0.05) is 18.6 Å². The van der Waals surface area contributed by atoms with E-state index in [2.05, 4.69) is 10.3 Å². The van der Waals surface area contributed by atoms with E-state index in [0.29, 0.717) is 59.5 Å². The van der Waals surface area contributed by atoms with Crippen molar-refractivity contribution in [1.82, 2.24) is 14.9 Å². The molecular weight excluding hydrogens is 753 g/mol. The van der Waals surface area contributed by atoms with E-state index in [-0.39, 0.29) is 48.6 Å². The van der Waals surface area contributed by atoms with Gasteiger partial charge in [-0.3, -0.25) is 28.2 Å². The van der Waals surface area contributed by atoms with Gasteiger partial charge >= 0.3 is 19.5 Å². The fourth-order valence-electron chi connectivity index (χ4n) is 6.73. The Balaban J connectivity index is 1.02. The van der Waals surface area contributed by atoms with Gasteiger partial charge in [0.05, 0.1) is 18.8 Å². The molecule has 298 valence electrons. The highest BCUT2D eigenvalue weighted by molar-refractivity contribution is 7.47. The minimum Gasteiger partial charge on any atom is -0.508 e. The van der Waals surface area contributed by atoms with Crippen LogP contribution in [0.5, 0.6) is 11.5 Å². The first-order chi connectivity index (χ1) is 26.8. The highest BCUT2D eigenvalue weighted by Gasteiger charge is 2.42. The second-order valence-electron chi connectivity index (χ2n) is 13.6. The minimum absolute atomic E-state index is 0.0212. The van der Waals surface area contributed by atoms with E-state index in [1.54, 1.807) is 6.07 Å². The number of phosphoric ester groups is 1. The Morgan fingerprint density at radius 2 is 1.93 bits per heavy atom. The fourth-order valence-corrected chi connectivity index (χ4v) is 7.75. The van der Waals surface area contributed by atoms with Gasteiger partial charge in [-0.2, -0.15) is 0 Å². The number of carbonyl (C=O) groups excluding carboxylic acids is 1. The molecule has 6 rings (SSSR count). The number of phosphoric acid groups is 1. The van der Waals surface area contributed by atoms with Crippen molar-refractivity contribution in [3.8, 4) is 11.5 Å². The third-order valence-electron chi connectivity index (χ3n) is 9.64. The molecule has 1 saturated heterocycles. The Labute approximate surface area is 319 Å². The third kappa shape index (κ3) is 9.11. The maximum atomic E-state index is 13.3. The number of fused-ring (bicyclic) bond motifs is 2. The highest BCUT2D eigenvalue weighted by Crippen LogP contribution is 2.49. The number of carboxylic acid groups (broad SMARTS) is 1. The minimum atomic E-state index is -4.72. The molecule has 0 saturated carbocycles. The Kier molecular flexibility index (Phi) is 12.6. The van der Waals surface area contributed by atoms with Crippen molar-refractivity contribution in [1.29, 1.82) is 0 Å². The average Bonchev–Trinajstić information content (AvgIpc) is 3.57. The fraction of sp³-hybridized carbons (Fsp3) is 0.368. The summed E-state index contributed by atoms with van der Waals surface area (Å²) in [6.45, 7) is 0.427. The molecule has 2 aromatic carbocycles. The third-order valence-corrected chi connectivity index (χ3v) is 10.6. The first-order valence-corrected chi connectivity index (χ1v) is 19.4.